The van der Waals surface area contributed by atoms with E-state index in [0.29, 0.717) is 19.5 Å². The lowest BCUT2D eigenvalue weighted by Gasteiger charge is -2.51. The Balaban J connectivity index is 2.01. The van der Waals surface area contributed by atoms with Crippen molar-refractivity contribution in [3.8, 4) is 0 Å². The van der Waals surface area contributed by atoms with Crippen LogP contribution in [0, 0.1) is 5.41 Å². The summed E-state index contributed by atoms with van der Waals surface area (Å²) < 4.78 is 0. The molecule has 0 aromatic heterocycles. The Hall–Kier alpha value is -1.59. The lowest BCUT2D eigenvalue weighted by atomic mass is 9.71. The first-order valence-electron chi connectivity index (χ1n) is 5.26. The van der Waals surface area contributed by atoms with Gasteiger partial charge in [0.2, 0.25) is 17.7 Å². The fraction of sp³-hybridized carbons (Fsp3) is 0.700. The van der Waals surface area contributed by atoms with Crippen molar-refractivity contribution < 1.29 is 14.4 Å². The second-order valence-corrected chi connectivity index (χ2v) is 4.65. The Morgan fingerprint density at radius 2 is 2.19 bits per heavy atom. The Morgan fingerprint density at radius 1 is 1.50 bits per heavy atom. The molecule has 2 fully saturated rings. The molecule has 6 nitrogen and oxygen atoms in total. The minimum atomic E-state index is -0.543. The van der Waals surface area contributed by atoms with Crippen LogP contribution in [0.3, 0.4) is 0 Å². The lowest BCUT2D eigenvalue weighted by molar-refractivity contribution is -0.171. The van der Waals surface area contributed by atoms with E-state index in [-0.39, 0.29) is 24.8 Å². The standard InChI is InChI=1S/C10H15N3O3/c1-12-3-2-10(4-8(12)15)6-13(9(10)16)5-7(11)14/h2-6H2,1H3,(H2,11,14). The summed E-state index contributed by atoms with van der Waals surface area (Å²) in [6.45, 7) is 1.05. The Morgan fingerprint density at radius 3 is 2.69 bits per heavy atom. The molecule has 2 N–H and O–H groups in total. The smallest absolute Gasteiger partial charge is 0.237 e. The van der Waals surface area contributed by atoms with Crippen LogP contribution in [0.2, 0.25) is 0 Å². The molecule has 2 rings (SSSR count). The van der Waals surface area contributed by atoms with Crippen molar-refractivity contribution in [2.24, 2.45) is 11.1 Å². The second kappa shape index (κ2) is 3.47. The molecule has 6 heteroatoms. The monoisotopic (exact) mass is 225 g/mol. The molecule has 2 aliphatic rings. The number of hydrogen-bond acceptors (Lipinski definition) is 3. The molecule has 0 bridgehead atoms. The number of piperidine rings is 1. The molecule has 0 aromatic carbocycles. The van der Waals surface area contributed by atoms with Gasteiger partial charge in [0.1, 0.15) is 0 Å². The maximum absolute atomic E-state index is 11.9. The topological polar surface area (TPSA) is 83.7 Å². The molecule has 2 heterocycles. The van der Waals surface area contributed by atoms with Crippen LogP contribution in [0.4, 0.5) is 0 Å². The molecule has 0 aliphatic carbocycles. The third kappa shape index (κ3) is 1.54. The average molecular weight is 225 g/mol. The first kappa shape index (κ1) is 10.9. The minimum Gasteiger partial charge on any atom is -0.368 e. The first-order chi connectivity index (χ1) is 7.44. The highest BCUT2D eigenvalue weighted by Crippen LogP contribution is 2.41. The van der Waals surface area contributed by atoms with E-state index in [1.165, 1.54) is 4.90 Å². The van der Waals surface area contributed by atoms with Gasteiger partial charge in [-0.1, -0.05) is 0 Å². The fourth-order valence-electron chi connectivity index (χ4n) is 2.40. The van der Waals surface area contributed by atoms with Gasteiger partial charge in [-0.05, 0) is 6.42 Å². The largest absolute Gasteiger partial charge is 0.368 e. The van der Waals surface area contributed by atoms with Gasteiger partial charge >= 0.3 is 0 Å². The van der Waals surface area contributed by atoms with Crippen molar-refractivity contribution in [1.29, 1.82) is 0 Å². The van der Waals surface area contributed by atoms with Crippen molar-refractivity contribution in [3.63, 3.8) is 0 Å². The normalized spacial score (nSPS) is 29.6. The van der Waals surface area contributed by atoms with Gasteiger partial charge in [0.25, 0.3) is 0 Å². The van der Waals surface area contributed by atoms with E-state index < -0.39 is 11.3 Å². The first-order valence-corrected chi connectivity index (χ1v) is 5.26. The summed E-state index contributed by atoms with van der Waals surface area (Å²) in [6, 6.07) is 0. The number of hydrogen-bond donors (Lipinski definition) is 1. The van der Waals surface area contributed by atoms with Crippen LogP contribution in [0.5, 0.6) is 0 Å². The van der Waals surface area contributed by atoms with E-state index in [9.17, 15) is 14.4 Å². The van der Waals surface area contributed by atoms with Gasteiger partial charge in [-0.15, -0.1) is 0 Å². The summed E-state index contributed by atoms with van der Waals surface area (Å²) in [5, 5.41) is 0. The quantitative estimate of drug-likeness (QED) is 0.584. The number of nitrogens with two attached hydrogens (primary N) is 1. The van der Waals surface area contributed by atoms with Crippen molar-refractivity contribution in [3.05, 3.63) is 0 Å². The van der Waals surface area contributed by atoms with E-state index in [4.69, 9.17) is 5.73 Å². The fourth-order valence-corrected chi connectivity index (χ4v) is 2.40. The Bertz CT molecular complexity index is 368. The number of nitrogens with zero attached hydrogens (tertiary/aromatic N) is 2. The van der Waals surface area contributed by atoms with Crippen LogP contribution >= 0.6 is 0 Å². The van der Waals surface area contributed by atoms with Crippen LogP contribution < -0.4 is 5.73 Å². The van der Waals surface area contributed by atoms with E-state index in [2.05, 4.69) is 0 Å². The molecule has 3 amide bonds. The zero-order valence-corrected chi connectivity index (χ0v) is 9.23. The molecule has 1 atom stereocenters. The van der Waals surface area contributed by atoms with Crippen molar-refractivity contribution in [1.82, 2.24) is 9.80 Å². The van der Waals surface area contributed by atoms with Crippen LogP contribution in [0.15, 0.2) is 0 Å². The van der Waals surface area contributed by atoms with Gasteiger partial charge in [-0.25, -0.2) is 0 Å². The van der Waals surface area contributed by atoms with Crippen molar-refractivity contribution >= 4 is 17.7 Å². The maximum atomic E-state index is 11.9. The molecular formula is C10H15N3O3. The second-order valence-electron chi connectivity index (χ2n) is 4.65. The van der Waals surface area contributed by atoms with Crippen molar-refractivity contribution in [2.45, 2.75) is 12.8 Å². The highest BCUT2D eigenvalue weighted by Gasteiger charge is 2.55. The molecule has 0 aromatic rings. The Labute approximate surface area is 93.4 Å². The predicted octanol–water partition coefficient (Wildman–Crippen LogP) is -1.45. The molecule has 1 unspecified atom stereocenters. The molecule has 1 spiro atoms. The molecule has 88 valence electrons. The number of rotatable bonds is 2. The maximum Gasteiger partial charge on any atom is 0.237 e. The molecule has 2 saturated heterocycles. The summed E-state index contributed by atoms with van der Waals surface area (Å²) in [5.74, 6) is -0.617. The molecule has 16 heavy (non-hydrogen) atoms. The number of carbonyl (C=O) groups excluding carboxylic acids is 3. The SMILES string of the molecule is CN1CCC2(CC1=O)CN(CC(N)=O)C2=O. The zero-order valence-electron chi connectivity index (χ0n) is 9.23. The number of primary amides is 1. The summed E-state index contributed by atoms with van der Waals surface area (Å²) in [4.78, 5) is 37.2. The highest BCUT2D eigenvalue weighted by atomic mass is 16.2. The van der Waals surface area contributed by atoms with Gasteiger partial charge in [0.15, 0.2) is 0 Å². The summed E-state index contributed by atoms with van der Waals surface area (Å²) in [6.07, 6.45) is 0.945. The number of amides is 3. The van der Waals surface area contributed by atoms with E-state index in [1.54, 1.807) is 11.9 Å². The summed E-state index contributed by atoms with van der Waals surface area (Å²) in [7, 11) is 1.74. The molecule has 0 saturated carbocycles. The van der Waals surface area contributed by atoms with E-state index >= 15 is 0 Å². The lowest BCUT2D eigenvalue weighted by Crippen LogP contribution is -2.66. The average Bonchev–Trinajstić information content (AvgIpc) is 2.22. The van der Waals surface area contributed by atoms with Crippen LogP contribution in [-0.4, -0.2) is 54.2 Å². The van der Waals surface area contributed by atoms with Crippen LogP contribution in [0.1, 0.15) is 12.8 Å². The number of likely N-dealkylation sites (tertiary alicyclic amines) is 2. The van der Waals surface area contributed by atoms with Gasteiger partial charge in [-0.2, -0.15) is 0 Å². The Kier molecular flexibility index (Phi) is 2.36. The molecule has 2 aliphatic heterocycles. The minimum absolute atomic E-state index is 0.00155. The van der Waals surface area contributed by atoms with Crippen LogP contribution in [0.25, 0.3) is 0 Å². The summed E-state index contributed by atoms with van der Waals surface area (Å²) in [5.41, 5.74) is 4.48. The molecular weight excluding hydrogens is 210 g/mol. The highest BCUT2D eigenvalue weighted by molar-refractivity contribution is 5.96. The third-order valence-electron chi connectivity index (χ3n) is 3.42. The van der Waals surface area contributed by atoms with Gasteiger partial charge in [-0.3, -0.25) is 14.4 Å². The summed E-state index contributed by atoms with van der Waals surface area (Å²) >= 11 is 0. The molecule has 0 radical (unpaired) electrons. The van der Waals surface area contributed by atoms with Crippen LogP contribution in [-0.2, 0) is 14.4 Å². The van der Waals surface area contributed by atoms with E-state index in [0.717, 1.165) is 0 Å². The predicted molar refractivity (Wildman–Crippen MR) is 55.1 cm³/mol. The zero-order chi connectivity index (χ0) is 11.9. The van der Waals surface area contributed by atoms with Gasteiger partial charge in [0, 0.05) is 26.6 Å². The van der Waals surface area contributed by atoms with Crippen molar-refractivity contribution in [2.75, 3.05) is 26.7 Å². The number of carbonyl (C=O) groups is 3. The van der Waals surface area contributed by atoms with Gasteiger partial charge < -0.3 is 15.5 Å². The van der Waals surface area contributed by atoms with E-state index in [1.807, 2.05) is 0 Å². The van der Waals surface area contributed by atoms with Gasteiger partial charge in [0.05, 0.1) is 12.0 Å². The number of β-lactam (4-membered cyclic amide) rings is 1. The third-order valence-corrected chi connectivity index (χ3v) is 3.42.